The zero-order valence-electron chi connectivity index (χ0n) is 22.3. The number of ether oxygens (including phenoxy) is 3. The van der Waals surface area contributed by atoms with Gasteiger partial charge >= 0.3 is 6.16 Å². The van der Waals surface area contributed by atoms with Crippen molar-refractivity contribution in [1.82, 2.24) is 30.2 Å². The Morgan fingerprint density at radius 1 is 0.949 bits per heavy atom. The lowest BCUT2D eigenvalue weighted by Gasteiger charge is -2.15. The van der Waals surface area contributed by atoms with Crippen molar-refractivity contribution in [2.75, 3.05) is 6.61 Å². The van der Waals surface area contributed by atoms with Crippen LogP contribution in [0, 0.1) is 0 Å². The smallest absolute Gasteiger partial charge is 0.465 e. The maximum absolute atomic E-state index is 12.1. The SMILES string of the molecule is CCOc1nc2c(C(C)OC(=O)OC(C)C)cccc2n1Cc1ccc(-c2ccccc2-c2nn[nH]n2)cc1. The van der Waals surface area contributed by atoms with Gasteiger partial charge in [-0.1, -0.05) is 60.7 Å². The maximum Gasteiger partial charge on any atom is 0.509 e. The number of imidazole rings is 1. The first kappa shape index (κ1) is 25.9. The molecule has 0 amide bonds. The van der Waals surface area contributed by atoms with Crippen LogP contribution in [0.5, 0.6) is 6.01 Å². The molecule has 0 radical (unpaired) electrons. The molecule has 0 aliphatic carbocycles. The highest BCUT2D eigenvalue weighted by Crippen LogP contribution is 2.32. The Balaban J connectivity index is 1.44. The van der Waals surface area contributed by atoms with Crippen LogP contribution in [0.1, 0.15) is 44.9 Å². The van der Waals surface area contributed by atoms with Gasteiger partial charge in [-0.3, -0.25) is 4.57 Å². The molecule has 0 spiro atoms. The van der Waals surface area contributed by atoms with Gasteiger partial charge in [0.1, 0.15) is 6.10 Å². The monoisotopic (exact) mass is 526 g/mol. The van der Waals surface area contributed by atoms with Gasteiger partial charge in [0.15, 0.2) is 0 Å². The third-order valence-corrected chi connectivity index (χ3v) is 6.21. The molecule has 1 atom stereocenters. The number of tetrazole rings is 1. The quantitative estimate of drug-likeness (QED) is 0.234. The molecule has 2 heterocycles. The summed E-state index contributed by atoms with van der Waals surface area (Å²) in [7, 11) is 0. The molecule has 0 saturated carbocycles. The summed E-state index contributed by atoms with van der Waals surface area (Å²) in [5, 5.41) is 14.5. The zero-order valence-corrected chi connectivity index (χ0v) is 22.3. The van der Waals surface area contributed by atoms with E-state index in [1.54, 1.807) is 20.8 Å². The summed E-state index contributed by atoms with van der Waals surface area (Å²) in [5.74, 6) is 0.549. The van der Waals surface area contributed by atoms with Crippen LogP contribution in [-0.4, -0.2) is 49.0 Å². The third-order valence-electron chi connectivity index (χ3n) is 6.21. The van der Waals surface area contributed by atoms with E-state index in [2.05, 4.69) is 44.9 Å². The normalized spacial score (nSPS) is 12.0. The summed E-state index contributed by atoms with van der Waals surface area (Å²) < 4.78 is 18.6. The second-order valence-corrected chi connectivity index (χ2v) is 9.28. The molecule has 10 heteroatoms. The minimum atomic E-state index is -0.708. The van der Waals surface area contributed by atoms with Crippen molar-refractivity contribution in [2.45, 2.75) is 46.4 Å². The van der Waals surface area contributed by atoms with Crippen LogP contribution in [0.4, 0.5) is 4.79 Å². The fraction of sp³-hybridized carbons (Fsp3) is 0.276. The molecule has 10 nitrogen and oxygen atoms in total. The number of rotatable bonds is 9. The number of nitrogens with zero attached hydrogens (tertiary/aromatic N) is 5. The molecule has 0 fully saturated rings. The Kier molecular flexibility index (Phi) is 7.53. The number of benzene rings is 3. The van der Waals surface area contributed by atoms with E-state index in [1.807, 2.05) is 54.0 Å². The van der Waals surface area contributed by atoms with Crippen molar-refractivity contribution in [3.05, 3.63) is 77.9 Å². The van der Waals surface area contributed by atoms with E-state index in [1.165, 1.54) is 0 Å². The lowest BCUT2D eigenvalue weighted by atomic mass is 9.98. The first-order valence-electron chi connectivity index (χ1n) is 12.9. The summed E-state index contributed by atoms with van der Waals surface area (Å²) in [5.41, 5.74) is 6.42. The van der Waals surface area contributed by atoms with Gasteiger partial charge in [-0.25, -0.2) is 4.79 Å². The largest absolute Gasteiger partial charge is 0.509 e. The number of para-hydroxylation sites is 1. The van der Waals surface area contributed by atoms with Crippen molar-refractivity contribution in [1.29, 1.82) is 0 Å². The predicted octanol–water partition coefficient (Wildman–Crippen LogP) is 5.95. The number of nitrogens with one attached hydrogen (secondary N) is 1. The number of aromatic nitrogens is 6. The number of hydrogen-bond donors (Lipinski definition) is 1. The van der Waals surface area contributed by atoms with Gasteiger partial charge in [-0.05, 0) is 55.7 Å². The highest BCUT2D eigenvalue weighted by Gasteiger charge is 2.21. The van der Waals surface area contributed by atoms with Gasteiger partial charge in [0.05, 0.1) is 30.3 Å². The van der Waals surface area contributed by atoms with E-state index in [9.17, 15) is 4.79 Å². The van der Waals surface area contributed by atoms with Gasteiger partial charge in [-0.15, -0.1) is 10.2 Å². The molecule has 39 heavy (non-hydrogen) atoms. The summed E-state index contributed by atoms with van der Waals surface area (Å²) in [6, 6.07) is 22.6. The number of H-pyrrole nitrogens is 1. The standard InChI is InChI=1S/C29H30N6O4/c1-5-37-28-30-26-22(19(4)39-29(36)38-18(2)3)11-8-12-25(26)35(28)17-20-13-15-21(16-14-20)23-9-6-7-10-24(23)27-31-33-34-32-27/h6-16,18-19H,5,17H2,1-4H3,(H,31,32,33,34). The van der Waals surface area contributed by atoms with E-state index in [0.717, 1.165) is 38.9 Å². The van der Waals surface area contributed by atoms with Crippen LogP contribution >= 0.6 is 0 Å². The Morgan fingerprint density at radius 3 is 2.41 bits per heavy atom. The van der Waals surface area contributed by atoms with E-state index >= 15 is 0 Å². The minimum absolute atomic E-state index is 0.261. The molecule has 0 aliphatic heterocycles. The Labute approximate surface area is 225 Å². The Bertz CT molecular complexity index is 1560. The van der Waals surface area contributed by atoms with Gasteiger partial charge in [-0.2, -0.15) is 10.2 Å². The topological polar surface area (TPSA) is 117 Å². The van der Waals surface area contributed by atoms with Crippen LogP contribution in [-0.2, 0) is 16.0 Å². The van der Waals surface area contributed by atoms with E-state index in [-0.39, 0.29) is 6.10 Å². The molecule has 0 bridgehead atoms. The van der Waals surface area contributed by atoms with Gasteiger partial charge in [0, 0.05) is 11.1 Å². The molecular weight excluding hydrogens is 496 g/mol. The average molecular weight is 527 g/mol. The molecule has 1 unspecified atom stereocenters. The highest BCUT2D eigenvalue weighted by molar-refractivity contribution is 5.82. The van der Waals surface area contributed by atoms with Crippen LogP contribution < -0.4 is 4.74 Å². The molecule has 0 saturated heterocycles. The molecule has 2 aromatic heterocycles. The Hall–Kier alpha value is -4.73. The molecule has 0 aliphatic rings. The Morgan fingerprint density at radius 2 is 1.72 bits per heavy atom. The van der Waals surface area contributed by atoms with Gasteiger partial charge in [0.25, 0.3) is 6.01 Å². The minimum Gasteiger partial charge on any atom is -0.465 e. The van der Waals surface area contributed by atoms with Crippen LogP contribution in [0.15, 0.2) is 66.7 Å². The fourth-order valence-electron chi connectivity index (χ4n) is 4.47. The molecular formula is C29H30N6O4. The fourth-order valence-corrected chi connectivity index (χ4v) is 4.47. The molecule has 3 aromatic carbocycles. The van der Waals surface area contributed by atoms with Crippen molar-refractivity contribution in [2.24, 2.45) is 0 Å². The lowest BCUT2D eigenvalue weighted by Crippen LogP contribution is -2.15. The van der Waals surface area contributed by atoms with Crippen molar-refractivity contribution >= 4 is 17.2 Å². The van der Waals surface area contributed by atoms with Gasteiger partial charge < -0.3 is 14.2 Å². The molecule has 200 valence electrons. The maximum atomic E-state index is 12.1. The number of carbonyl (C=O) groups excluding carboxylic acids is 1. The lowest BCUT2D eigenvalue weighted by molar-refractivity contribution is 0.0117. The predicted molar refractivity (Wildman–Crippen MR) is 146 cm³/mol. The summed E-state index contributed by atoms with van der Waals surface area (Å²) in [6.45, 7) is 8.31. The second-order valence-electron chi connectivity index (χ2n) is 9.28. The molecule has 5 rings (SSSR count). The molecule has 5 aromatic rings. The number of carbonyl (C=O) groups is 1. The number of aromatic amines is 1. The summed E-state index contributed by atoms with van der Waals surface area (Å²) in [6.07, 6.45) is -1.51. The van der Waals surface area contributed by atoms with Crippen LogP contribution in [0.2, 0.25) is 0 Å². The summed E-state index contributed by atoms with van der Waals surface area (Å²) >= 11 is 0. The third kappa shape index (κ3) is 5.59. The second kappa shape index (κ2) is 11.3. The zero-order chi connectivity index (χ0) is 27.4. The van der Waals surface area contributed by atoms with E-state index in [0.29, 0.717) is 25.0 Å². The van der Waals surface area contributed by atoms with Crippen molar-refractivity contribution in [3.63, 3.8) is 0 Å². The number of fused-ring (bicyclic) bond motifs is 1. The average Bonchev–Trinajstić information content (AvgIpc) is 3.58. The summed E-state index contributed by atoms with van der Waals surface area (Å²) in [4.78, 5) is 16.9. The van der Waals surface area contributed by atoms with Crippen LogP contribution in [0.25, 0.3) is 33.5 Å². The van der Waals surface area contributed by atoms with E-state index in [4.69, 9.17) is 19.2 Å². The van der Waals surface area contributed by atoms with Crippen LogP contribution in [0.3, 0.4) is 0 Å². The molecule has 1 N–H and O–H groups in total. The number of hydrogen-bond acceptors (Lipinski definition) is 8. The first-order valence-corrected chi connectivity index (χ1v) is 12.9. The first-order chi connectivity index (χ1) is 18.9. The van der Waals surface area contributed by atoms with Gasteiger partial charge in [0.2, 0.25) is 5.82 Å². The van der Waals surface area contributed by atoms with Crippen molar-refractivity contribution in [3.8, 4) is 28.5 Å². The van der Waals surface area contributed by atoms with E-state index < -0.39 is 12.3 Å². The highest BCUT2D eigenvalue weighted by atomic mass is 16.7. The van der Waals surface area contributed by atoms with Crippen molar-refractivity contribution < 1.29 is 19.0 Å².